The molecule has 47 heavy (non-hydrogen) atoms. The second-order valence-electron chi connectivity index (χ2n) is 9.58. The Morgan fingerprint density at radius 2 is 0.979 bits per heavy atom. The van der Waals surface area contributed by atoms with E-state index < -0.39 is 11.9 Å². The Kier molecular flexibility index (Phi) is 12.3. The van der Waals surface area contributed by atoms with E-state index in [4.69, 9.17) is 24.5 Å². The van der Waals surface area contributed by atoms with Crippen molar-refractivity contribution in [3.05, 3.63) is 88.9 Å². The minimum atomic E-state index is -0.395. The van der Waals surface area contributed by atoms with E-state index >= 15 is 0 Å². The highest BCUT2D eigenvalue weighted by Gasteiger charge is 2.25. The fourth-order valence-electron chi connectivity index (χ4n) is 4.48. The van der Waals surface area contributed by atoms with Crippen molar-refractivity contribution in [3.8, 4) is 0 Å². The van der Waals surface area contributed by atoms with Crippen molar-refractivity contribution in [1.82, 2.24) is 0 Å². The van der Waals surface area contributed by atoms with Gasteiger partial charge in [0.15, 0.2) is 0 Å². The smallest absolute Gasteiger partial charge is 0.341 e. The molecule has 242 valence electrons. The van der Waals surface area contributed by atoms with E-state index in [-0.39, 0.29) is 13.2 Å². The predicted octanol–water partition coefficient (Wildman–Crippen LogP) is 10.5. The van der Waals surface area contributed by atoms with Crippen molar-refractivity contribution in [2.75, 3.05) is 13.2 Å². The molecule has 0 N–H and O–H groups in total. The average molecular weight is 721 g/mol. The molecule has 5 aromatic heterocycles. The van der Waals surface area contributed by atoms with Gasteiger partial charge in [0.1, 0.15) is 31.1 Å². The normalized spacial score (nSPS) is 12.0. The van der Waals surface area contributed by atoms with Crippen LogP contribution in [0.3, 0.4) is 0 Å². The molecule has 0 fully saturated rings. The van der Waals surface area contributed by atoms with Crippen LogP contribution in [0.4, 0.5) is 20.0 Å². The van der Waals surface area contributed by atoms with Gasteiger partial charge in [0.05, 0.1) is 13.2 Å². The molecular weight excluding hydrogens is 689 g/mol. The van der Waals surface area contributed by atoms with Gasteiger partial charge in [-0.15, -0.1) is 34.0 Å². The molecule has 8 nitrogen and oxygen atoms in total. The highest BCUT2D eigenvalue weighted by atomic mass is 32.1. The largest absolute Gasteiger partial charge is 0.462 e. The Bertz CT molecular complexity index is 1930. The van der Waals surface area contributed by atoms with Crippen LogP contribution in [0, 0.1) is 0 Å². The summed E-state index contributed by atoms with van der Waals surface area (Å²) in [4.78, 5) is 48.6. The summed E-state index contributed by atoms with van der Waals surface area (Å²) in [6.45, 7) is 8.13. The van der Waals surface area contributed by atoms with Gasteiger partial charge in [-0.3, -0.25) is 0 Å². The van der Waals surface area contributed by atoms with E-state index in [1.165, 1.54) is 34.0 Å². The lowest BCUT2D eigenvalue weighted by molar-refractivity contribution is 0.0517. The Balaban J connectivity index is 1.41. The first-order chi connectivity index (χ1) is 22.9. The lowest BCUT2D eigenvalue weighted by atomic mass is 10.1. The maximum Gasteiger partial charge on any atom is 0.341 e. The van der Waals surface area contributed by atoms with Gasteiger partial charge in [-0.25, -0.2) is 29.6 Å². The summed E-state index contributed by atoms with van der Waals surface area (Å²) >= 11 is 7.44. The number of hydrogen-bond acceptors (Lipinski definition) is 13. The van der Waals surface area contributed by atoms with Crippen molar-refractivity contribution >= 4 is 113 Å². The van der Waals surface area contributed by atoms with Gasteiger partial charge >= 0.3 is 11.9 Å². The van der Waals surface area contributed by atoms with Crippen LogP contribution >= 0.6 is 56.7 Å². The molecule has 0 spiro atoms. The Morgan fingerprint density at radius 1 is 0.574 bits per heavy atom. The molecule has 0 bridgehead atoms. The second-order valence-corrected chi connectivity index (χ2v) is 14.6. The maximum atomic E-state index is 13.0. The number of aliphatic imine (C=N–C) groups is 4. The van der Waals surface area contributed by atoms with Crippen LogP contribution in [0.25, 0.3) is 0 Å². The molecule has 0 aliphatic carbocycles. The molecule has 0 saturated heterocycles. The summed E-state index contributed by atoms with van der Waals surface area (Å²) in [5.74, 6) is -0.786. The van der Waals surface area contributed by atoms with Crippen molar-refractivity contribution in [2.45, 2.75) is 40.5 Å². The van der Waals surface area contributed by atoms with Crippen LogP contribution in [0.15, 0.2) is 67.1 Å². The topological polar surface area (TPSA) is 102 Å². The van der Waals surface area contributed by atoms with E-state index in [0.29, 0.717) is 34.0 Å². The fourth-order valence-corrected chi connectivity index (χ4v) is 8.55. The zero-order chi connectivity index (χ0) is 33.2. The number of carbonyl (C=O) groups excluding carboxylic acids is 2. The molecule has 5 heterocycles. The third-order valence-electron chi connectivity index (χ3n) is 6.57. The minimum absolute atomic E-state index is 0.274. The van der Waals surface area contributed by atoms with Crippen molar-refractivity contribution in [3.63, 3.8) is 0 Å². The molecule has 0 amide bonds. The summed E-state index contributed by atoms with van der Waals surface area (Å²) in [7, 11) is 0. The molecule has 5 rings (SSSR count). The number of ether oxygens (including phenoxy) is 2. The standard InChI is InChI=1S/C34H32N4O4S5/c1-5-25-28(34(40)42-8-4)32(46-29(25)35-17-21-11-9-15-43-21)38-20-24-14-13-23(45-24)19-36-30-26(6-2)27(33(39)41-7-3)31(47-30)37-18-22-12-10-16-44-22/h9-20H,5-8H2,1-4H3/b35-17+,36-19+,37-18+,38-20+. The summed E-state index contributed by atoms with van der Waals surface area (Å²) in [6.07, 6.45) is 8.35. The molecular formula is C34H32N4O4S5. The molecule has 0 saturated carbocycles. The molecule has 5 aromatic rings. The Morgan fingerprint density at radius 3 is 1.34 bits per heavy atom. The second kappa shape index (κ2) is 16.8. The SMILES string of the molecule is CCOC(=O)c1c(/N=C/c2cccs2)sc(/N=C/c2ccc(/C=N/c3sc(/N=C/c4cccs4)c(CC)c3C(=O)OCC)s2)c1CC. The summed E-state index contributed by atoms with van der Waals surface area (Å²) in [5.41, 5.74) is 2.58. The van der Waals surface area contributed by atoms with Crippen molar-refractivity contribution in [1.29, 1.82) is 0 Å². The number of esters is 2. The predicted molar refractivity (Wildman–Crippen MR) is 201 cm³/mol. The maximum absolute atomic E-state index is 13.0. The molecule has 0 atom stereocenters. The van der Waals surface area contributed by atoms with Crippen LogP contribution < -0.4 is 0 Å². The summed E-state index contributed by atoms with van der Waals surface area (Å²) in [6, 6.07) is 11.8. The molecule has 13 heteroatoms. The monoisotopic (exact) mass is 720 g/mol. The Hall–Kier alpha value is -3.88. The molecule has 0 unspecified atom stereocenters. The van der Waals surface area contributed by atoms with E-state index in [2.05, 4.69) is 4.99 Å². The lowest BCUT2D eigenvalue weighted by Crippen LogP contribution is -2.06. The number of carbonyl (C=O) groups is 2. The van der Waals surface area contributed by atoms with E-state index in [9.17, 15) is 9.59 Å². The third-order valence-corrected chi connectivity index (χ3v) is 11.2. The zero-order valence-corrected chi connectivity index (χ0v) is 30.3. The minimum Gasteiger partial charge on any atom is -0.462 e. The molecule has 0 radical (unpaired) electrons. The van der Waals surface area contributed by atoms with Gasteiger partial charge in [0, 0.05) is 55.5 Å². The van der Waals surface area contributed by atoms with Crippen molar-refractivity contribution < 1.29 is 19.1 Å². The van der Waals surface area contributed by atoms with Gasteiger partial charge in [0.2, 0.25) is 0 Å². The average Bonchev–Trinajstić information content (AvgIpc) is 3.91. The molecule has 0 aliphatic rings. The van der Waals surface area contributed by atoms with E-state index in [1.807, 2.05) is 67.2 Å². The van der Waals surface area contributed by atoms with Crippen LogP contribution in [-0.4, -0.2) is 50.0 Å². The van der Waals surface area contributed by atoms with E-state index in [0.717, 1.165) is 40.6 Å². The first-order valence-corrected chi connectivity index (χ1v) is 19.1. The summed E-state index contributed by atoms with van der Waals surface area (Å²) in [5, 5.41) is 6.60. The number of hydrogen-bond donors (Lipinski definition) is 0. The fraction of sp³-hybridized carbons (Fsp3) is 0.235. The zero-order valence-electron chi connectivity index (χ0n) is 26.2. The highest BCUT2D eigenvalue weighted by molar-refractivity contribution is 7.21. The number of thiophene rings is 5. The molecule has 0 aliphatic heterocycles. The van der Waals surface area contributed by atoms with Crippen LogP contribution in [0.2, 0.25) is 0 Å². The van der Waals surface area contributed by atoms with Crippen LogP contribution in [-0.2, 0) is 22.3 Å². The van der Waals surface area contributed by atoms with Gasteiger partial charge in [-0.2, -0.15) is 0 Å². The number of nitrogens with zero attached hydrogens (tertiary/aromatic N) is 4. The lowest BCUT2D eigenvalue weighted by Gasteiger charge is -2.04. The number of rotatable bonds is 14. The summed E-state index contributed by atoms with van der Waals surface area (Å²) < 4.78 is 10.8. The molecule has 0 aromatic carbocycles. The van der Waals surface area contributed by atoms with Crippen LogP contribution in [0.5, 0.6) is 0 Å². The van der Waals surface area contributed by atoms with Gasteiger partial charge < -0.3 is 9.47 Å². The van der Waals surface area contributed by atoms with Crippen LogP contribution in [0.1, 0.15) is 79.0 Å². The first kappa shape index (κ1) is 34.5. The quantitative estimate of drug-likeness (QED) is 0.0841. The van der Waals surface area contributed by atoms with E-state index in [1.54, 1.807) is 55.2 Å². The van der Waals surface area contributed by atoms with Gasteiger partial charge in [-0.1, -0.05) is 48.7 Å². The highest BCUT2D eigenvalue weighted by Crippen LogP contribution is 2.44. The Labute approximate surface area is 293 Å². The first-order valence-electron chi connectivity index (χ1n) is 14.9. The van der Waals surface area contributed by atoms with Gasteiger partial charge in [-0.05, 0) is 61.7 Å². The van der Waals surface area contributed by atoms with Gasteiger partial charge in [0.25, 0.3) is 0 Å². The third kappa shape index (κ3) is 8.54. The van der Waals surface area contributed by atoms with Crippen molar-refractivity contribution in [2.24, 2.45) is 20.0 Å².